The number of halogens is 2. The Bertz CT molecular complexity index is 808. The lowest BCUT2D eigenvalue weighted by Crippen LogP contribution is -2.37. The summed E-state index contributed by atoms with van der Waals surface area (Å²) in [6.45, 7) is 0.306. The Hall–Kier alpha value is -2.96. The zero-order chi connectivity index (χ0) is 18.0. The number of nitrogens with zero attached hydrogens (tertiary/aromatic N) is 1. The van der Waals surface area contributed by atoms with E-state index in [2.05, 4.69) is 5.32 Å². The van der Waals surface area contributed by atoms with Crippen molar-refractivity contribution in [3.63, 3.8) is 0 Å². The highest BCUT2D eigenvalue weighted by Gasteiger charge is 2.31. The number of carbonyl (C=O) groups is 2. The summed E-state index contributed by atoms with van der Waals surface area (Å²) in [4.78, 5) is 25.9. The Morgan fingerprint density at radius 2 is 1.88 bits per heavy atom. The zero-order valence-corrected chi connectivity index (χ0v) is 13.5. The van der Waals surface area contributed by atoms with Crippen molar-refractivity contribution < 1.29 is 23.1 Å². The van der Waals surface area contributed by atoms with E-state index in [1.54, 1.807) is 36.3 Å². The molecule has 0 spiro atoms. The topological polar surface area (TPSA) is 58.6 Å². The van der Waals surface area contributed by atoms with Crippen LogP contribution in [-0.2, 0) is 4.79 Å². The summed E-state index contributed by atoms with van der Waals surface area (Å²) < 4.78 is 31.3. The van der Waals surface area contributed by atoms with Crippen LogP contribution in [0.15, 0.2) is 42.5 Å². The minimum Gasteiger partial charge on any atom is -0.497 e. The van der Waals surface area contributed by atoms with Gasteiger partial charge in [-0.25, -0.2) is 8.78 Å². The Labute approximate surface area is 143 Å². The molecule has 25 heavy (non-hydrogen) atoms. The molecule has 2 aromatic carbocycles. The quantitative estimate of drug-likeness (QED) is 0.925. The summed E-state index contributed by atoms with van der Waals surface area (Å²) in [5.74, 6) is -2.10. The highest BCUT2D eigenvalue weighted by atomic mass is 19.2. The van der Waals surface area contributed by atoms with Crippen molar-refractivity contribution in [2.45, 2.75) is 12.5 Å². The fourth-order valence-corrected chi connectivity index (χ4v) is 2.72. The lowest BCUT2D eigenvalue weighted by molar-refractivity contribution is -0.117. The number of amides is 2. The highest BCUT2D eigenvalue weighted by molar-refractivity contribution is 5.99. The molecule has 0 unspecified atom stereocenters. The van der Waals surface area contributed by atoms with Gasteiger partial charge in [0.2, 0.25) is 5.91 Å². The maximum atomic E-state index is 13.2. The predicted octanol–water partition coefficient (Wildman–Crippen LogP) is 2.51. The third-order valence-electron chi connectivity index (χ3n) is 4.03. The molecule has 1 heterocycles. The van der Waals surface area contributed by atoms with Crippen LogP contribution in [0.3, 0.4) is 0 Å². The van der Waals surface area contributed by atoms with Crippen LogP contribution < -0.4 is 15.0 Å². The summed E-state index contributed by atoms with van der Waals surface area (Å²) in [6.07, 6.45) is 0.140. The Morgan fingerprint density at radius 1 is 1.16 bits per heavy atom. The molecule has 0 aromatic heterocycles. The second-order valence-electron chi connectivity index (χ2n) is 5.71. The van der Waals surface area contributed by atoms with Crippen molar-refractivity contribution in [1.29, 1.82) is 0 Å². The summed E-state index contributed by atoms with van der Waals surface area (Å²) in [5, 5.41) is 2.68. The fraction of sp³-hybridized carbons (Fsp3) is 0.222. The van der Waals surface area contributed by atoms with Crippen LogP contribution in [0, 0.1) is 11.6 Å². The Balaban J connectivity index is 1.67. The predicted molar refractivity (Wildman–Crippen MR) is 87.6 cm³/mol. The minimum atomic E-state index is -1.09. The van der Waals surface area contributed by atoms with Gasteiger partial charge in [-0.3, -0.25) is 9.59 Å². The lowest BCUT2D eigenvalue weighted by Gasteiger charge is -2.17. The maximum Gasteiger partial charge on any atom is 0.251 e. The van der Waals surface area contributed by atoms with E-state index in [4.69, 9.17) is 4.74 Å². The molecule has 0 aliphatic carbocycles. The Kier molecular flexibility index (Phi) is 4.65. The van der Waals surface area contributed by atoms with E-state index < -0.39 is 23.6 Å². The zero-order valence-electron chi connectivity index (χ0n) is 13.5. The molecule has 0 saturated carbocycles. The SMILES string of the molecule is COc1ccc(N2C[C@H](NC(=O)c3ccc(F)c(F)c3)CC2=O)cc1. The first-order valence-electron chi connectivity index (χ1n) is 7.68. The number of nitrogens with one attached hydrogen (secondary N) is 1. The second-order valence-corrected chi connectivity index (χ2v) is 5.71. The van der Waals surface area contributed by atoms with E-state index in [1.165, 1.54) is 6.07 Å². The van der Waals surface area contributed by atoms with Crippen molar-refractivity contribution in [2.75, 3.05) is 18.6 Å². The van der Waals surface area contributed by atoms with Crippen LogP contribution >= 0.6 is 0 Å². The van der Waals surface area contributed by atoms with Crippen molar-refractivity contribution >= 4 is 17.5 Å². The van der Waals surface area contributed by atoms with Crippen molar-refractivity contribution in [3.05, 3.63) is 59.7 Å². The van der Waals surface area contributed by atoms with E-state index in [-0.39, 0.29) is 17.9 Å². The largest absolute Gasteiger partial charge is 0.497 e. The molecule has 1 aliphatic rings. The molecule has 3 rings (SSSR count). The molecule has 1 atom stereocenters. The molecular weight excluding hydrogens is 330 g/mol. The molecule has 0 bridgehead atoms. The van der Waals surface area contributed by atoms with Gasteiger partial charge in [0.05, 0.1) is 13.2 Å². The first-order chi connectivity index (χ1) is 12.0. The second kappa shape index (κ2) is 6.88. The van der Waals surface area contributed by atoms with E-state index in [0.29, 0.717) is 18.0 Å². The van der Waals surface area contributed by atoms with Crippen LogP contribution in [0.25, 0.3) is 0 Å². The summed E-state index contributed by atoms with van der Waals surface area (Å²) in [7, 11) is 1.56. The first-order valence-corrected chi connectivity index (χ1v) is 7.68. The monoisotopic (exact) mass is 346 g/mol. The molecular formula is C18H16F2N2O3. The van der Waals surface area contributed by atoms with Crippen LogP contribution in [0.2, 0.25) is 0 Å². The number of methoxy groups -OCH3 is 1. The third-order valence-corrected chi connectivity index (χ3v) is 4.03. The van der Waals surface area contributed by atoms with Gasteiger partial charge in [-0.05, 0) is 42.5 Å². The number of ether oxygens (including phenoxy) is 1. The van der Waals surface area contributed by atoms with Gasteiger partial charge >= 0.3 is 0 Å². The lowest BCUT2D eigenvalue weighted by atomic mass is 10.1. The van der Waals surface area contributed by atoms with Crippen LogP contribution in [-0.4, -0.2) is 31.5 Å². The molecule has 1 aliphatic heterocycles. The number of rotatable bonds is 4. The number of anilines is 1. The average molecular weight is 346 g/mol. The molecule has 5 nitrogen and oxygen atoms in total. The Morgan fingerprint density at radius 3 is 2.52 bits per heavy atom. The van der Waals surface area contributed by atoms with E-state index >= 15 is 0 Å². The van der Waals surface area contributed by atoms with Gasteiger partial charge in [0.1, 0.15) is 5.75 Å². The normalized spacial score (nSPS) is 16.8. The number of hydrogen-bond donors (Lipinski definition) is 1. The average Bonchev–Trinajstić information content (AvgIpc) is 2.97. The molecule has 1 saturated heterocycles. The third kappa shape index (κ3) is 3.60. The highest BCUT2D eigenvalue weighted by Crippen LogP contribution is 2.24. The number of benzene rings is 2. The van der Waals surface area contributed by atoms with Gasteiger partial charge in [0, 0.05) is 24.2 Å². The molecule has 2 amide bonds. The van der Waals surface area contributed by atoms with E-state index in [1.807, 2.05) is 0 Å². The van der Waals surface area contributed by atoms with Gasteiger partial charge in [-0.15, -0.1) is 0 Å². The van der Waals surface area contributed by atoms with Crippen LogP contribution in [0.4, 0.5) is 14.5 Å². The smallest absolute Gasteiger partial charge is 0.251 e. The van der Waals surface area contributed by atoms with Crippen molar-refractivity contribution in [2.24, 2.45) is 0 Å². The van der Waals surface area contributed by atoms with Crippen molar-refractivity contribution in [1.82, 2.24) is 5.32 Å². The van der Waals surface area contributed by atoms with Gasteiger partial charge in [-0.2, -0.15) is 0 Å². The molecule has 7 heteroatoms. The molecule has 130 valence electrons. The van der Waals surface area contributed by atoms with Gasteiger partial charge < -0.3 is 15.0 Å². The van der Waals surface area contributed by atoms with E-state index in [0.717, 1.165) is 12.1 Å². The maximum absolute atomic E-state index is 13.2. The fourth-order valence-electron chi connectivity index (χ4n) is 2.72. The number of hydrogen-bond acceptors (Lipinski definition) is 3. The molecule has 2 aromatic rings. The first kappa shape index (κ1) is 16.9. The molecule has 1 fully saturated rings. The summed E-state index contributed by atoms with van der Waals surface area (Å²) in [6, 6.07) is 9.54. The molecule has 0 radical (unpaired) electrons. The standard InChI is InChI=1S/C18H16F2N2O3/c1-25-14-5-3-13(4-6-14)22-10-12(9-17(22)23)21-18(24)11-2-7-15(19)16(20)8-11/h2-8,12H,9-10H2,1H3,(H,21,24)/t12-/m1/s1. The van der Waals surface area contributed by atoms with Gasteiger partial charge in [0.15, 0.2) is 11.6 Å². The van der Waals surface area contributed by atoms with Crippen molar-refractivity contribution in [3.8, 4) is 5.75 Å². The van der Waals surface area contributed by atoms with Crippen LogP contribution in [0.1, 0.15) is 16.8 Å². The van der Waals surface area contributed by atoms with Gasteiger partial charge in [-0.1, -0.05) is 0 Å². The summed E-state index contributed by atoms with van der Waals surface area (Å²) >= 11 is 0. The number of carbonyl (C=O) groups excluding carboxylic acids is 2. The minimum absolute atomic E-state index is 0.00856. The van der Waals surface area contributed by atoms with Gasteiger partial charge in [0.25, 0.3) is 5.91 Å². The van der Waals surface area contributed by atoms with E-state index in [9.17, 15) is 18.4 Å². The molecule has 1 N–H and O–H groups in total. The van der Waals surface area contributed by atoms with Crippen LogP contribution in [0.5, 0.6) is 5.75 Å². The summed E-state index contributed by atoms with van der Waals surface area (Å²) in [5.41, 5.74) is 0.713.